The Bertz CT molecular complexity index is 1100. The van der Waals surface area contributed by atoms with Gasteiger partial charge >= 0.3 is 0 Å². The first-order chi connectivity index (χ1) is 15.6. The second kappa shape index (κ2) is 9.94. The lowest BCUT2D eigenvalue weighted by molar-refractivity contribution is 0.0302. The Hall–Kier alpha value is -3.21. The zero-order chi connectivity index (χ0) is 22.5. The number of nitrogens with one attached hydrogen (secondary N) is 1. The van der Waals surface area contributed by atoms with Gasteiger partial charge in [0, 0.05) is 37.5 Å². The minimum atomic E-state index is -0.0590. The topological polar surface area (TPSA) is 104 Å². The van der Waals surface area contributed by atoms with E-state index in [9.17, 15) is 4.79 Å². The largest absolute Gasteiger partial charge is 0.495 e. The maximum absolute atomic E-state index is 12.8. The molecule has 0 saturated carbocycles. The molecule has 0 spiro atoms. The van der Waals surface area contributed by atoms with Crippen LogP contribution in [0.2, 0.25) is 5.02 Å². The van der Waals surface area contributed by atoms with Crippen molar-refractivity contribution in [3.8, 4) is 17.0 Å². The second-order valence-corrected chi connectivity index (χ2v) is 7.43. The zero-order valence-corrected chi connectivity index (χ0v) is 18.5. The molecule has 4 rings (SSSR count). The number of benzene rings is 1. The third-order valence-electron chi connectivity index (χ3n) is 4.91. The Kier molecular flexibility index (Phi) is 6.84. The van der Waals surface area contributed by atoms with E-state index < -0.39 is 0 Å². The van der Waals surface area contributed by atoms with Crippen LogP contribution in [0, 0.1) is 0 Å². The van der Waals surface area contributed by atoms with Gasteiger partial charge in [-0.1, -0.05) is 11.6 Å². The molecule has 10 nitrogen and oxygen atoms in total. The minimum absolute atomic E-state index is 0.0590. The molecular weight excluding hydrogens is 436 g/mol. The van der Waals surface area contributed by atoms with E-state index in [0.29, 0.717) is 66.7 Å². The lowest BCUT2D eigenvalue weighted by Crippen LogP contribution is -2.40. The number of anilines is 2. The summed E-state index contributed by atoms with van der Waals surface area (Å²) < 4.78 is 17.5. The first-order valence-electron chi connectivity index (χ1n) is 9.95. The molecule has 1 fully saturated rings. The van der Waals surface area contributed by atoms with Gasteiger partial charge in [0.1, 0.15) is 12.5 Å². The van der Waals surface area contributed by atoms with Gasteiger partial charge in [0.25, 0.3) is 5.91 Å². The number of nitrogens with zero attached hydrogens (tertiary/aromatic N) is 5. The molecule has 1 aliphatic rings. The summed E-state index contributed by atoms with van der Waals surface area (Å²) in [4.78, 5) is 23.3. The van der Waals surface area contributed by atoms with Gasteiger partial charge < -0.3 is 24.4 Å². The van der Waals surface area contributed by atoms with Crippen molar-refractivity contribution in [1.82, 2.24) is 24.6 Å². The lowest BCUT2D eigenvalue weighted by atomic mass is 10.1. The van der Waals surface area contributed by atoms with Crippen molar-refractivity contribution in [3.63, 3.8) is 0 Å². The normalized spacial score (nSPS) is 13.8. The number of methoxy groups -OCH3 is 2. The molecule has 11 heteroatoms. The second-order valence-electron chi connectivity index (χ2n) is 7.02. The smallest absolute Gasteiger partial charge is 0.254 e. The van der Waals surface area contributed by atoms with Crippen molar-refractivity contribution in [2.75, 3.05) is 45.8 Å². The van der Waals surface area contributed by atoms with Gasteiger partial charge in [0.15, 0.2) is 0 Å². The zero-order valence-electron chi connectivity index (χ0n) is 17.7. The number of halogens is 1. The van der Waals surface area contributed by atoms with Crippen LogP contribution < -0.4 is 10.1 Å². The number of aromatic nitrogens is 4. The van der Waals surface area contributed by atoms with E-state index >= 15 is 0 Å². The van der Waals surface area contributed by atoms with E-state index in [4.69, 9.17) is 25.8 Å². The van der Waals surface area contributed by atoms with Crippen LogP contribution in [0.4, 0.5) is 11.6 Å². The number of morpholine rings is 1. The highest BCUT2D eigenvalue weighted by molar-refractivity contribution is 6.32. The molecule has 0 aliphatic carbocycles. The molecule has 0 atom stereocenters. The van der Waals surface area contributed by atoms with Crippen LogP contribution >= 0.6 is 11.6 Å². The molecule has 1 N–H and O–H groups in total. The van der Waals surface area contributed by atoms with Crippen molar-refractivity contribution in [2.45, 2.75) is 6.73 Å². The Morgan fingerprint density at radius 2 is 2.06 bits per heavy atom. The van der Waals surface area contributed by atoms with E-state index in [1.165, 1.54) is 6.20 Å². The maximum atomic E-state index is 12.8. The predicted molar refractivity (Wildman–Crippen MR) is 118 cm³/mol. The van der Waals surface area contributed by atoms with Crippen molar-refractivity contribution in [1.29, 1.82) is 0 Å². The fourth-order valence-corrected chi connectivity index (χ4v) is 3.52. The van der Waals surface area contributed by atoms with Crippen LogP contribution in [-0.4, -0.2) is 71.1 Å². The molecule has 3 heterocycles. The van der Waals surface area contributed by atoms with E-state index in [1.807, 2.05) is 0 Å². The summed E-state index contributed by atoms with van der Waals surface area (Å²) in [5, 5.41) is 7.75. The fraction of sp³-hybridized carbons (Fsp3) is 0.333. The average molecular weight is 459 g/mol. The Labute approximate surface area is 190 Å². The SMILES string of the molecule is COCn1cc(-c2nc(Nc3ccc(C(=O)N4CCOCC4)cc3OC)ncc2Cl)cn1. The van der Waals surface area contributed by atoms with Gasteiger partial charge in [0.05, 0.1) is 49.1 Å². The maximum Gasteiger partial charge on any atom is 0.254 e. The molecule has 1 aromatic carbocycles. The van der Waals surface area contributed by atoms with Crippen LogP contribution in [-0.2, 0) is 16.2 Å². The number of amides is 1. The van der Waals surface area contributed by atoms with Gasteiger partial charge in [-0.3, -0.25) is 4.79 Å². The number of carbonyl (C=O) groups excluding carboxylic acids is 1. The number of hydrogen-bond donors (Lipinski definition) is 1. The quantitative estimate of drug-likeness (QED) is 0.576. The summed E-state index contributed by atoms with van der Waals surface area (Å²) in [6.45, 7) is 2.56. The molecular formula is C21H23ClN6O4. The van der Waals surface area contributed by atoms with Crippen LogP contribution in [0.15, 0.2) is 36.8 Å². The van der Waals surface area contributed by atoms with E-state index in [0.717, 1.165) is 5.56 Å². The van der Waals surface area contributed by atoms with E-state index in [1.54, 1.807) is 54.4 Å². The van der Waals surface area contributed by atoms with Gasteiger partial charge in [-0.2, -0.15) is 5.10 Å². The van der Waals surface area contributed by atoms with E-state index in [2.05, 4.69) is 20.4 Å². The summed E-state index contributed by atoms with van der Waals surface area (Å²) in [6, 6.07) is 5.21. The third kappa shape index (κ3) is 4.82. The highest BCUT2D eigenvalue weighted by Crippen LogP contribution is 2.31. The van der Waals surface area contributed by atoms with Crippen molar-refractivity contribution < 1.29 is 19.0 Å². The van der Waals surface area contributed by atoms with Crippen molar-refractivity contribution in [2.24, 2.45) is 0 Å². The molecule has 1 aliphatic heterocycles. The molecule has 1 saturated heterocycles. The first kappa shape index (κ1) is 22.0. The summed E-state index contributed by atoms with van der Waals surface area (Å²) in [7, 11) is 3.13. The standard InChI is InChI=1S/C21H23ClN6O4/c1-30-13-28-12-15(10-24-28)19-16(22)11-23-21(26-19)25-17-4-3-14(9-18(17)31-2)20(29)27-5-7-32-8-6-27/h3-4,9-12H,5-8,13H2,1-2H3,(H,23,25,26). The molecule has 168 valence electrons. The molecule has 3 aromatic rings. The molecule has 0 radical (unpaired) electrons. The summed E-state index contributed by atoms with van der Waals surface area (Å²) >= 11 is 6.31. The number of ether oxygens (including phenoxy) is 3. The first-order valence-corrected chi connectivity index (χ1v) is 10.3. The fourth-order valence-electron chi connectivity index (χ4n) is 3.32. The van der Waals surface area contributed by atoms with Crippen LogP contribution in [0.25, 0.3) is 11.3 Å². The van der Waals surface area contributed by atoms with Gasteiger partial charge in [-0.15, -0.1) is 0 Å². The van der Waals surface area contributed by atoms with Gasteiger partial charge in [-0.25, -0.2) is 14.6 Å². The van der Waals surface area contributed by atoms with Crippen LogP contribution in [0.3, 0.4) is 0 Å². The number of carbonyl (C=O) groups is 1. The lowest BCUT2D eigenvalue weighted by Gasteiger charge is -2.27. The van der Waals surface area contributed by atoms with Crippen LogP contribution in [0.5, 0.6) is 5.75 Å². The molecule has 1 amide bonds. The predicted octanol–water partition coefficient (Wildman–Crippen LogP) is 2.82. The highest BCUT2D eigenvalue weighted by atomic mass is 35.5. The molecule has 2 aromatic heterocycles. The minimum Gasteiger partial charge on any atom is -0.495 e. The Morgan fingerprint density at radius 1 is 1.25 bits per heavy atom. The summed E-state index contributed by atoms with van der Waals surface area (Å²) in [5.41, 5.74) is 2.42. The van der Waals surface area contributed by atoms with Gasteiger partial charge in [0.2, 0.25) is 5.95 Å². The van der Waals surface area contributed by atoms with Gasteiger partial charge in [-0.05, 0) is 18.2 Å². The molecule has 0 unspecified atom stereocenters. The summed E-state index contributed by atoms with van der Waals surface area (Å²) in [6.07, 6.45) is 4.96. The van der Waals surface area contributed by atoms with Crippen LogP contribution in [0.1, 0.15) is 10.4 Å². The monoisotopic (exact) mass is 458 g/mol. The Morgan fingerprint density at radius 3 is 2.81 bits per heavy atom. The van der Waals surface area contributed by atoms with Crippen molar-refractivity contribution >= 4 is 29.1 Å². The molecule has 0 bridgehead atoms. The number of rotatable bonds is 7. The third-order valence-corrected chi connectivity index (χ3v) is 5.18. The average Bonchev–Trinajstić information content (AvgIpc) is 3.29. The molecule has 32 heavy (non-hydrogen) atoms. The van der Waals surface area contributed by atoms with E-state index in [-0.39, 0.29) is 5.91 Å². The Balaban J connectivity index is 1.56. The van der Waals surface area contributed by atoms with Crippen molar-refractivity contribution in [3.05, 3.63) is 47.4 Å². The highest BCUT2D eigenvalue weighted by Gasteiger charge is 2.20. The number of hydrogen-bond acceptors (Lipinski definition) is 8. The summed E-state index contributed by atoms with van der Waals surface area (Å²) in [5.74, 6) is 0.767.